The highest BCUT2D eigenvalue weighted by Gasteiger charge is 2.34. The lowest BCUT2D eigenvalue weighted by molar-refractivity contribution is -0.179. The first kappa shape index (κ1) is 20.1. The predicted molar refractivity (Wildman–Crippen MR) is 84.2 cm³/mol. The van der Waals surface area contributed by atoms with E-state index in [-0.39, 0.29) is 5.78 Å². The Balaban J connectivity index is 4.83. The van der Waals surface area contributed by atoms with E-state index < -0.39 is 23.6 Å². The van der Waals surface area contributed by atoms with Gasteiger partial charge in [-0.25, -0.2) is 0 Å². The van der Waals surface area contributed by atoms with E-state index in [0.717, 1.165) is 5.57 Å². The van der Waals surface area contributed by atoms with Crippen molar-refractivity contribution in [2.24, 2.45) is 0 Å². The smallest absolute Gasteiger partial charge is 0.303 e. The molecule has 0 heterocycles. The normalized spacial score (nSPS) is 13.8. The Morgan fingerprint density at radius 1 is 1.05 bits per heavy atom. The number of ether oxygens (including phenoxy) is 2. The van der Waals surface area contributed by atoms with Crippen LogP contribution >= 0.6 is 0 Å². The minimum absolute atomic E-state index is 0.0159. The van der Waals surface area contributed by atoms with Crippen molar-refractivity contribution in [3.63, 3.8) is 0 Å². The Labute approximate surface area is 132 Å². The molecule has 0 aromatic rings. The van der Waals surface area contributed by atoms with Gasteiger partial charge < -0.3 is 9.47 Å². The van der Waals surface area contributed by atoms with E-state index in [4.69, 9.17) is 9.47 Å². The van der Waals surface area contributed by atoms with E-state index in [9.17, 15) is 14.4 Å². The molecule has 0 rings (SSSR count). The summed E-state index contributed by atoms with van der Waals surface area (Å²) in [5, 5.41) is 0. The van der Waals surface area contributed by atoms with Crippen LogP contribution in [0.2, 0.25) is 0 Å². The van der Waals surface area contributed by atoms with E-state index in [0.29, 0.717) is 12.8 Å². The summed E-state index contributed by atoms with van der Waals surface area (Å²) < 4.78 is 10.5. The molecule has 0 aromatic heterocycles. The zero-order chi connectivity index (χ0) is 17.3. The van der Waals surface area contributed by atoms with Gasteiger partial charge in [-0.2, -0.15) is 0 Å². The number of carbonyl (C=O) groups excluding carboxylic acids is 3. The van der Waals surface area contributed by atoms with Gasteiger partial charge in [0.1, 0.15) is 11.7 Å². The number of ketones is 1. The van der Waals surface area contributed by atoms with E-state index in [1.165, 1.54) is 26.8 Å². The van der Waals surface area contributed by atoms with Gasteiger partial charge in [0.15, 0.2) is 5.78 Å². The molecule has 0 aliphatic carbocycles. The molecule has 0 aliphatic heterocycles. The van der Waals surface area contributed by atoms with Crippen LogP contribution in [-0.2, 0) is 23.9 Å². The maximum atomic E-state index is 11.3. The predicted octanol–water partition coefficient (Wildman–Crippen LogP) is 3.13. The van der Waals surface area contributed by atoms with E-state index in [2.05, 4.69) is 0 Å². The van der Waals surface area contributed by atoms with Crippen LogP contribution in [-0.4, -0.2) is 29.4 Å². The van der Waals surface area contributed by atoms with Gasteiger partial charge in [-0.3, -0.25) is 14.4 Å². The van der Waals surface area contributed by atoms with Crippen molar-refractivity contribution < 1.29 is 23.9 Å². The summed E-state index contributed by atoms with van der Waals surface area (Å²) in [6.07, 6.45) is 5.66. The number of carbonyl (C=O) groups is 3. The van der Waals surface area contributed by atoms with Gasteiger partial charge in [-0.05, 0) is 46.6 Å². The quantitative estimate of drug-likeness (QED) is 0.391. The largest absolute Gasteiger partial charge is 0.458 e. The second kappa shape index (κ2) is 9.18. The van der Waals surface area contributed by atoms with Crippen molar-refractivity contribution >= 4 is 17.7 Å². The SMILES string of the molecule is CC(=O)C=CC=C(C)CCC(OC(C)=O)C(C)(C)OC(C)=O. The molecule has 0 fully saturated rings. The lowest BCUT2D eigenvalue weighted by atomic mass is 9.95. The van der Waals surface area contributed by atoms with Gasteiger partial charge in [0.25, 0.3) is 0 Å². The van der Waals surface area contributed by atoms with Gasteiger partial charge in [-0.1, -0.05) is 17.7 Å². The highest BCUT2D eigenvalue weighted by atomic mass is 16.6. The van der Waals surface area contributed by atoms with Crippen LogP contribution < -0.4 is 0 Å². The summed E-state index contributed by atoms with van der Waals surface area (Å²) in [7, 11) is 0. The van der Waals surface area contributed by atoms with E-state index >= 15 is 0 Å². The standard InChI is InChI=1S/C17H26O5/c1-12(8-7-9-13(2)18)10-11-16(21-14(3)19)17(5,6)22-15(4)20/h7-9,16H,10-11H2,1-6H3. The van der Waals surface area contributed by atoms with Gasteiger partial charge in [0, 0.05) is 13.8 Å². The lowest BCUT2D eigenvalue weighted by Crippen LogP contribution is -2.43. The molecule has 1 atom stereocenters. The number of rotatable bonds is 8. The minimum atomic E-state index is -0.896. The van der Waals surface area contributed by atoms with E-state index in [1.54, 1.807) is 19.9 Å². The Kier molecular flexibility index (Phi) is 8.38. The van der Waals surface area contributed by atoms with Crippen LogP contribution in [0, 0.1) is 0 Å². The molecule has 0 bridgehead atoms. The van der Waals surface area contributed by atoms with Crippen molar-refractivity contribution in [3.05, 3.63) is 23.8 Å². The maximum Gasteiger partial charge on any atom is 0.303 e. The molecule has 124 valence electrons. The highest BCUT2D eigenvalue weighted by Crippen LogP contribution is 2.24. The average Bonchev–Trinajstić information content (AvgIpc) is 2.31. The monoisotopic (exact) mass is 310 g/mol. The molecule has 1 unspecified atom stereocenters. The summed E-state index contributed by atoms with van der Waals surface area (Å²) in [6.45, 7) is 9.50. The molecule has 0 aromatic carbocycles. The number of allylic oxidation sites excluding steroid dienone is 4. The molecule has 5 nitrogen and oxygen atoms in total. The molecule has 0 amide bonds. The van der Waals surface area contributed by atoms with Crippen molar-refractivity contribution in [1.82, 2.24) is 0 Å². The first-order chi connectivity index (χ1) is 10.0. The highest BCUT2D eigenvalue weighted by molar-refractivity contribution is 5.87. The zero-order valence-corrected chi connectivity index (χ0v) is 14.3. The second-order valence-electron chi connectivity index (χ2n) is 5.82. The molecule has 0 saturated carbocycles. The van der Waals surface area contributed by atoms with Gasteiger partial charge >= 0.3 is 11.9 Å². The molecule has 22 heavy (non-hydrogen) atoms. The fraction of sp³-hybridized carbons (Fsp3) is 0.588. The number of hydrogen-bond acceptors (Lipinski definition) is 5. The average molecular weight is 310 g/mol. The third-order valence-corrected chi connectivity index (χ3v) is 3.00. The Bertz CT molecular complexity index is 471. The van der Waals surface area contributed by atoms with Crippen molar-refractivity contribution in [1.29, 1.82) is 0 Å². The Morgan fingerprint density at radius 3 is 2.09 bits per heavy atom. The number of esters is 2. The molecular weight excluding hydrogens is 284 g/mol. The van der Waals surface area contributed by atoms with Crippen LogP contribution in [0.3, 0.4) is 0 Å². The van der Waals surface area contributed by atoms with Crippen molar-refractivity contribution in [2.45, 2.75) is 66.1 Å². The summed E-state index contributed by atoms with van der Waals surface area (Å²) in [5.41, 5.74) is 0.140. The van der Waals surface area contributed by atoms with Crippen LogP contribution in [0.5, 0.6) is 0 Å². The van der Waals surface area contributed by atoms with Crippen LogP contribution in [0.25, 0.3) is 0 Å². The molecule has 0 aliphatic rings. The van der Waals surface area contributed by atoms with Crippen LogP contribution in [0.15, 0.2) is 23.8 Å². The zero-order valence-electron chi connectivity index (χ0n) is 14.3. The Hall–Kier alpha value is -1.91. The minimum Gasteiger partial charge on any atom is -0.458 e. The number of hydrogen-bond donors (Lipinski definition) is 0. The van der Waals surface area contributed by atoms with Gasteiger partial charge in [0.2, 0.25) is 0 Å². The lowest BCUT2D eigenvalue weighted by Gasteiger charge is -2.33. The molecule has 0 N–H and O–H groups in total. The van der Waals surface area contributed by atoms with Gasteiger partial charge in [-0.15, -0.1) is 0 Å². The van der Waals surface area contributed by atoms with Crippen LogP contribution in [0.4, 0.5) is 0 Å². The molecule has 0 saturated heterocycles. The third kappa shape index (κ3) is 9.10. The summed E-state index contributed by atoms with van der Waals surface area (Å²) in [5.74, 6) is -0.847. The fourth-order valence-corrected chi connectivity index (χ4v) is 1.97. The molecule has 5 heteroatoms. The molecule has 0 spiro atoms. The van der Waals surface area contributed by atoms with Crippen molar-refractivity contribution in [2.75, 3.05) is 0 Å². The first-order valence-corrected chi connectivity index (χ1v) is 7.25. The maximum absolute atomic E-state index is 11.3. The van der Waals surface area contributed by atoms with Crippen molar-refractivity contribution in [3.8, 4) is 0 Å². The third-order valence-electron chi connectivity index (χ3n) is 3.00. The summed E-state index contributed by atoms with van der Waals surface area (Å²) in [6, 6.07) is 0. The topological polar surface area (TPSA) is 69.7 Å². The first-order valence-electron chi connectivity index (χ1n) is 7.25. The fourth-order valence-electron chi connectivity index (χ4n) is 1.97. The van der Waals surface area contributed by atoms with Gasteiger partial charge in [0.05, 0.1) is 0 Å². The van der Waals surface area contributed by atoms with Crippen LogP contribution in [0.1, 0.15) is 54.4 Å². The summed E-state index contributed by atoms with van der Waals surface area (Å²) in [4.78, 5) is 33.3. The van der Waals surface area contributed by atoms with E-state index in [1.807, 2.05) is 13.0 Å². The molecular formula is C17H26O5. The summed E-state index contributed by atoms with van der Waals surface area (Å²) >= 11 is 0. The molecule has 0 radical (unpaired) electrons. The second-order valence-corrected chi connectivity index (χ2v) is 5.82. The Morgan fingerprint density at radius 2 is 1.64 bits per heavy atom.